The van der Waals surface area contributed by atoms with Gasteiger partial charge in [-0.2, -0.15) is 0 Å². The average molecular weight is 290 g/mol. The highest BCUT2D eigenvalue weighted by Crippen LogP contribution is 2.35. The molecule has 0 aliphatic carbocycles. The molecule has 1 N–H and O–H groups in total. The molecule has 4 bridgehead atoms. The summed E-state index contributed by atoms with van der Waals surface area (Å²) in [5, 5.41) is 10.3. The Bertz CT molecular complexity index is 534. The topological polar surface area (TPSA) is 57.2 Å². The van der Waals surface area contributed by atoms with Crippen LogP contribution in [-0.4, -0.2) is 49.5 Å². The lowest BCUT2D eigenvalue weighted by Gasteiger charge is -2.44. The minimum Gasteiger partial charge on any atom is -0.399 e. The molecule has 1 unspecified atom stereocenters. The summed E-state index contributed by atoms with van der Waals surface area (Å²) in [5.41, 5.74) is 4.54. The summed E-state index contributed by atoms with van der Waals surface area (Å²) in [6.45, 7) is 6.65. The van der Waals surface area contributed by atoms with Crippen LogP contribution in [0.2, 0.25) is 0 Å². The molecular formula is C15H19BO5. The predicted molar refractivity (Wildman–Crippen MR) is 76.4 cm³/mol. The Hall–Kier alpha value is -0.915. The third kappa shape index (κ3) is 2.05. The molecule has 0 amide bonds. The Balaban J connectivity index is 1.70. The van der Waals surface area contributed by atoms with Crippen molar-refractivity contribution in [3.8, 4) is 0 Å². The second-order valence-corrected chi connectivity index (χ2v) is 6.21. The number of fused-ring (bicyclic) bond motifs is 6. The molecule has 1 aromatic rings. The van der Waals surface area contributed by atoms with Gasteiger partial charge in [0.1, 0.15) is 24.4 Å². The molecule has 1 aromatic carbocycles. The maximum atomic E-state index is 10.3. The second kappa shape index (κ2) is 4.79. The first kappa shape index (κ1) is 13.7. The van der Waals surface area contributed by atoms with E-state index >= 15 is 0 Å². The second-order valence-electron chi connectivity index (χ2n) is 6.21. The summed E-state index contributed by atoms with van der Waals surface area (Å²) in [6.07, 6.45) is -2.28. The Morgan fingerprint density at radius 1 is 1.10 bits per heavy atom. The van der Waals surface area contributed by atoms with Gasteiger partial charge in [0.15, 0.2) is 6.29 Å². The highest BCUT2D eigenvalue weighted by molar-refractivity contribution is 6.62. The zero-order valence-corrected chi connectivity index (χ0v) is 12.4. The van der Waals surface area contributed by atoms with E-state index in [0.29, 0.717) is 6.61 Å². The van der Waals surface area contributed by atoms with Crippen molar-refractivity contribution >= 4 is 12.6 Å². The first-order valence-corrected chi connectivity index (χ1v) is 7.38. The largest absolute Gasteiger partial charge is 0.495 e. The third-order valence-electron chi connectivity index (χ3n) is 4.58. The summed E-state index contributed by atoms with van der Waals surface area (Å²) in [4.78, 5) is 0. The number of aliphatic hydroxyl groups is 1. The van der Waals surface area contributed by atoms with Crippen LogP contribution in [0.15, 0.2) is 12.1 Å². The number of ether oxygens (including phenoxy) is 2. The van der Waals surface area contributed by atoms with Gasteiger partial charge in [0, 0.05) is 0 Å². The Morgan fingerprint density at radius 3 is 2.48 bits per heavy atom. The number of benzene rings is 1. The van der Waals surface area contributed by atoms with Crippen LogP contribution >= 0.6 is 0 Å². The van der Waals surface area contributed by atoms with Crippen molar-refractivity contribution in [3.63, 3.8) is 0 Å². The van der Waals surface area contributed by atoms with Crippen LogP contribution < -0.4 is 5.46 Å². The normalized spacial score (nSPS) is 37.9. The zero-order chi connectivity index (χ0) is 14.7. The molecule has 21 heavy (non-hydrogen) atoms. The Morgan fingerprint density at radius 2 is 1.76 bits per heavy atom. The van der Waals surface area contributed by atoms with Gasteiger partial charge in [0.2, 0.25) is 0 Å². The monoisotopic (exact) mass is 290 g/mol. The third-order valence-corrected chi connectivity index (χ3v) is 4.58. The van der Waals surface area contributed by atoms with Crippen molar-refractivity contribution in [2.75, 3.05) is 6.61 Å². The van der Waals surface area contributed by atoms with Gasteiger partial charge in [-0.1, -0.05) is 28.8 Å². The lowest BCUT2D eigenvalue weighted by Crippen LogP contribution is -2.65. The molecule has 3 heterocycles. The first-order valence-electron chi connectivity index (χ1n) is 7.38. The van der Waals surface area contributed by atoms with Crippen LogP contribution in [0, 0.1) is 20.8 Å². The van der Waals surface area contributed by atoms with E-state index in [2.05, 4.69) is 32.9 Å². The molecule has 0 spiro atoms. The Kier molecular flexibility index (Phi) is 3.13. The van der Waals surface area contributed by atoms with E-state index in [1.807, 2.05) is 0 Å². The standard InChI is InChI=1S/C15H19BO5/c1-7-4-8(2)11(9(3)5-7)16-20-13-10-6-18-15(19-10)14(21-16)12(13)17/h4-5,10,12-15,17H,6H2,1-3H3/t10-,12-,13?,14+,15+/m0/s1. The summed E-state index contributed by atoms with van der Waals surface area (Å²) >= 11 is 0. The van der Waals surface area contributed by atoms with Crippen molar-refractivity contribution in [1.82, 2.24) is 0 Å². The molecule has 0 aromatic heterocycles. The number of aryl methyl sites for hydroxylation is 3. The molecule has 5 atom stereocenters. The van der Waals surface area contributed by atoms with Crippen molar-refractivity contribution in [2.45, 2.75) is 51.5 Å². The van der Waals surface area contributed by atoms with Gasteiger partial charge in [-0.3, -0.25) is 0 Å². The van der Waals surface area contributed by atoms with Crippen LogP contribution in [0.3, 0.4) is 0 Å². The Labute approximate surface area is 124 Å². The van der Waals surface area contributed by atoms with E-state index < -0.39 is 31.7 Å². The lowest BCUT2D eigenvalue weighted by molar-refractivity contribution is -0.243. The lowest BCUT2D eigenvalue weighted by atomic mass is 9.70. The van der Waals surface area contributed by atoms with E-state index in [4.69, 9.17) is 18.8 Å². The van der Waals surface area contributed by atoms with Gasteiger partial charge in [0.05, 0.1) is 6.61 Å². The number of hydrogen-bond donors (Lipinski definition) is 1. The predicted octanol–water partition coefficient (Wildman–Crippen LogP) is 0.207. The summed E-state index contributed by atoms with van der Waals surface area (Å²) in [7, 11) is -0.473. The molecule has 3 fully saturated rings. The SMILES string of the molecule is Cc1cc(C)c(B2OC3[C@@H]4CO[C@H](O4)[C@H](O2)[C@H]3O)c(C)c1. The fourth-order valence-electron chi connectivity index (χ4n) is 3.68. The summed E-state index contributed by atoms with van der Waals surface area (Å²) in [6, 6.07) is 4.24. The van der Waals surface area contributed by atoms with Gasteiger partial charge >= 0.3 is 7.12 Å². The van der Waals surface area contributed by atoms with Gasteiger partial charge in [0.25, 0.3) is 0 Å². The fourth-order valence-corrected chi connectivity index (χ4v) is 3.68. The molecule has 4 rings (SSSR count). The molecule has 3 saturated heterocycles. The van der Waals surface area contributed by atoms with Crippen molar-refractivity contribution < 1.29 is 23.9 Å². The maximum Gasteiger partial charge on any atom is 0.495 e. The van der Waals surface area contributed by atoms with Gasteiger partial charge in [-0.05, 0) is 26.2 Å². The van der Waals surface area contributed by atoms with Crippen LogP contribution in [0.25, 0.3) is 0 Å². The van der Waals surface area contributed by atoms with Crippen LogP contribution in [0.4, 0.5) is 0 Å². The van der Waals surface area contributed by atoms with Gasteiger partial charge in [-0.25, -0.2) is 0 Å². The smallest absolute Gasteiger partial charge is 0.399 e. The summed E-state index contributed by atoms with van der Waals surface area (Å²) < 4.78 is 23.2. The minimum atomic E-state index is -0.696. The average Bonchev–Trinajstić information content (AvgIpc) is 2.84. The zero-order valence-electron chi connectivity index (χ0n) is 12.4. The maximum absolute atomic E-state index is 10.3. The molecule has 3 aliphatic heterocycles. The van der Waals surface area contributed by atoms with Crippen LogP contribution in [-0.2, 0) is 18.8 Å². The number of aliphatic hydroxyl groups excluding tert-OH is 1. The molecule has 112 valence electrons. The molecular weight excluding hydrogens is 271 g/mol. The van der Waals surface area contributed by atoms with E-state index in [9.17, 15) is 5.11 Å². The highest BCUT2D eigenvalue weighted by atomic mass is 16.8. The fraction of sp³-hybridized carbons (Fsp3) is 0.600. The van der Waals surface area contributed by atoms with Gasteiger partial charge < -0.3 is 23.9 Å². The van der Waals surface area contributed by atoms with E-state index in [1.54, 1.807) is 0 Å². The molecule has 6 heteroatoms. The summed E-state index contributed by atoms with van der Waals surface area (Å²) in [5.74, 6) is 0. The molecule has 5 nitrogen and oxygen atoms in total. The van der Waals surface area contributed by atoms with Crippen molar-refractivity contribution in [1.29, 1.82) is 0 Å². The molecule has 0 radical (unpaired) electrons. The number of rotatable bonds is 1. The highest BCUT2D eigenvalue weighted by Gasteiger charge is 2.57. The first-order chi connectivity index (χ1) is 10.0. The van der Waals surface area contributed by atoms with E-state index in [0.717, 1.165) is 16.6 Å². The quantitative estimate of drug-likeness (QED) is 0.749. The molecule has 3 aliphatic rings. The number of hydrogen-bond acceptors (Lipinski definition) is 5. The molecule has 0 saturated carbocycles. The van der Waals surface area contributed by atoms with Crippen LogP contribution in [0.1, 0.15) is 16.7 Å². The van der Waals surface area contributed by atoms with Crippen molar-refractivity contribution in [2.24, 2.45) is 0 Å². The van der Waals surface area contributed by atoms with E-state index in [1.165, 1.54) is 5.56 Å². The minimum absolute atomic E-state index is 0.210. The van der Waals surface area contributed by atoms with Crippen molar-refractivity contribution in [3.05, 3.63) is 28.8 Å². The van der Waals surface area contributed by atoms with Crippen LogP contribution in [0.5, 0.6) is 0 Å². The van der Waals surface area contributed by atoms with E-state index in [-0.39, 0.29) is 6.10 Å². The van der Waals surface area contributed by atoms with Gasteiger partial charge in [-0.15, -0.1) is 0 Å².